The molecule has 2 saturated heterocycles. The number of thioether (sulfide) groups is 1. The number of β-lactam (4-membered cyclic amide) rings is 1. The minimum Gasteiger partial charge on any atom is -0.452 e. The maximum Gasteiger partial charge on any atom is 0.331 e. The Morgan fingerprint density at radius 3 is 2.76 bits per heavy atom. The Kier molecular flexibility index (Phi) is 3.82. The lowest BCUT2D eigenvalue weighted by Crippen LogP contribution is -2.68. The van der Waals surface area contributed by atoms with E-state index in [4.69, 9.17) is 4.74 Å². The number of rotatable bonds is 2. The predicted molar refractivity (Wildman–Crippen MR) is 81.7 cm³/mol. The van der Waals surface area contributed by atoms with Gasteiger partial charge in [0.25, 0.3) is 5.91 Å². The summed E-state index contributed by atoms with van der Waals surface area (Å²) in [4.78, 5) is 25.6. The van der Waals surface area contributed by atoms with Crippen molar-refractivity contribution < 1.29 is 14.3 Å². The fourth-order valence-electron chi connectivity index (χ4n) is 2.09. The Morgan fingerprint density at radius 1 is 1.65 bits per heavy atom. The standard InChI is InChI=1S/C9H10Br2INO3S/c1-8(2)4(5(14)16-3-10)13-6(15)9(11,12)7(13)17-8/h4,7H,3H2,1-2H3/t4-,7+,9+/m0/s1. The monoisotopic (exact) mass is 497 g/mol. The molecule has 0 saturated carbocycles. The molecule has 2 aliphatic rings. The van der Waals surface area contributed by atoms with Crippen molar-refractivity contribution in [3.05, 3.63) is 0 Å². The van der Waals surface area contributed by atoms with Gasteiger partial charge >= 0.3 is 5.97 Å². The molecule has 0 unspecified atom stereocenters. The van der Waals surface area contributed by atoms with Gasteiger partial charge < -0.3 is 9.64 Å². The number of hydrogen-bond donors (Lipinski definition) is 0. The zero-order chi connectivity index (χ0) is 13.0. The van der Waals surface area contributed by atoms with E-state index in [2.05, 4.69) is 54.5 Å². The van der Waals surface area contributed by atoms with Crippen molar-refractivity contribution in [2.24, 2.45) is 0 Å². The van der Waals surface area contributed by atoms with Gasteiger partial charge in [0.2, 0.25) is 0 Å². The number of esters is 1. The van der Waals surface area contributed by atoms with Crippen molar-refractivity contribution in [3.8, 4) is 0 Å². The molecule has 1 amide bonds. The molecule has 0 spiro atoms. The van der Waals surface area contributed by atoms with E-state index in [1.165, 1.54) is 0 Å². The lowest BCUT2D eigenvalue weighted by atomic mass is 9.98. The molecule has 0 aromatic heterocycles. The number of amides is 1. The molecule has 0 radical (unpaired) electrons. The Hall–Kier alpha value is 0.980. The van der Waals surface area contributed by atoms with Gasteiger partial charge in [-0.15, -0.1) is 11.8 Å². The number of carbonyl (C=O) groups is 2. The molecule has 0 aromatic rings. The minimum absolute atomic E-state index is 0.0153. The second-order valence-corrected chi connectivity index (χ2v) is 11.0. The zero-order valence-corrected chi connectivity index (χ0v) is 15.2. The average molecular weight is 499 g/mol. The Labute approximate surface area is 134 Å². The number of alkyl halides is 3. The summed E-state index contributed by atoms with van der Waals surface area (Å²) >= 11 is 10.2. The van der Waals surface area contributed by atoms with Crippen molar-refractivity contribution in [1.82, 2.24) is 4.90 Å². The molecule has 17 heavy (non-hydrogen) atoms. The largest absolute Gasteiger partial charge is 0.452 e. The summed E-state index contributed by atoms with van der Waals surface area (Å²) in [6.45, 7) is 3.92. The maximum absolute atomic E-state index is 12.0. The maximum atomic E-state index is 12.0. The van der Waals surface area contributed by atoms with Crippen LogP contribution in [-0.2, 0) is 14.3 Å². The highest BCUT2D eigenvalue weighted by Gasteiger charge is 2.70. The number of ether oxygens (including phenoxy) is 1. The van der Waals surface area contributed by atoms with Gasteiger partial charge in [0.1, 0.15) is 16.9 Å². The molecule has 0 aromatic carbocycles. The van der Waals surface area contributed by atoms with Gasteiger partial charge in [-0.3, -0.25) is 4.79 Å². The second kappa shape index (κ2) is 4.52. The molecule has 0 N–H and O–H groups in total. The smallest absolute Gasteiger partial charge is 0.331 e. The zero-order valence-electron chi connectivity index (χ0n) is 9.08. The second-order valence-electron chi connectivity index (χ2n) is 4.38. The first-order chi connectivity index (χ1) is 7.73. The number of nitrogens with zero attached hydrogens (tertiary/aromatic N) is 1. The van der Waals surface area contributed by atoms with E-state index in [0.29, 0.717) is 0 Å². The molecule has 2 heterocycles. The van der Waals surface area contributed by atoms with E-state index >= 15 is 0 Å². The molecule has 96 valence electrons. The van der Waals surface area contributed by atoms with Crippen molar-refractivity contribution in [3.63, 3.8) is 0 Å². The Bertz CT molecular complexity index is 390. The van der Waals surface area contributed by atoms with Crippen molar-refractivity contribution in [1.29, 1.82) is 0 Å². The normalized spacial score (nSPS) is 38.6. The van der Waals surface area contributed by atoms with Crippen LogP contribution in [-0.4, -0.2) is 40.8 Å². The lowest BCUT2D eigenvalue weighted by molar-refractivity contribution is -0.159. The molecular weight excluding hydrogens is 489 g/mol. The molecule has 2 rings (SSSR count). The fourth-order valence-corrected chi connectivity index (χ4v) is 5.48. The van der Waals surface area contributed by atoms with Crippen LogP contribution in [0.4, 0.5) is 0 Å². The highest BCUT2D eigenvalue weighted by Crippen LogP contribution is 2.60. The summed E-state index contributed by atoms with van der Waals surface area (Å²) in [6.07, 6.45) is 0. The van der Waals surface area contributed by atoms with Gasteiger partial charge in [0.15, 0.2) is 2.33 Å². The quantitative estimate of drug-likeness (QED) is 0.254. The molecule has 2 fully saturated rings. The van der Waals surface area contributed by atoms with E-state index in [1.807, 2.05) is 13.8 Å². The summed E-state index contributed by atoms with van der Waals surface area (Å²) in [5, 5.41) is -0.0153. The van der Waals surface area contributed by atoms with E-state index in [-0.39, 0.29) is 27.5 Å². The van der Waals surface area contributed by atoms with Crippen LogP contribution in [0.5, 0.6) is 0 Å². The third-order valence-corrected chi connectivity index (χ3v) is 7.27. The topological polar surface area (TPSA) is 46.6 Å². The van der Waals surface area contributed by atoms with Gasteiger partial charge in [-0.25, -0.2) is 4.79 Å². The van der Waals surface area contributed by atoms with Gasteiger partial charge in [0.05, 0.1) is 0 Å². The first-order valence-corrected chi connectivity index (χ1v) is 8.71. The third kappa shape index (κ3) is 2.06. The Balaban J connectivity index is 2.28. The van der Waals surface area contributed by atoms with Crippen LogP contribution in [0.25, 0.3) is 0 Å². The summed E-state index contributed by atoms with van der Waals surface area (Å²) < 4.78 is 4.06. The van der Waals surface area contributed by atoms with E-state index in [1.54, 1.807) is 16.7 Å². The highest BCUT2D eigenvalue weighted by molar-refractivity contribution is 14.1. The number of carbonyl (C=O) groups excluding carboxylic acids is 2. The summed E-state index contributed by atoms with van der Waals surface area (Å²) in [5.74, 6) is -0.410. The van der Waals surface area contributed by atoms with Crippen LogP contribution in [0.15, 0.2) is 0 Å². The third-order valence-electron chi connectivity index (χ3n) is 2.85. The van der Waals surface area contributed by atoms with Crippen molar-refractivity contribution in [2.45, 2.75) is 32.3 Å². The summed E-state index contributed by atoms with van der Waals surface area (Å²) in [6, 6.07) is -0.511. The van der Waals surface area contributed by atoms with Crippen molar-refractivity contribution >= 4 is 78.1 Å². The van der Waals surface area contributed by atoms with Crippen LogP contribution in [0, 0.1) is 0 Å². The predicted octanol–water partition coefficient (Wildman–Crippen LogP) is 2.47. The molecule has 8 heteroatoms. The highest BCUT2D eigenvalue weighted by atomic mass is 127. The molecule has 3 atom stereocenters. The van der Waals surface area contributed by atoms with Crippen LogP contribution in [0.3, 0.4) is 0 Å². The number of halogens is 3. The van der Waals surface area contributed by atoms with Crippen LogP contribution >= 0.6 is 66.2 Å². The molecule has 2 aliphatic heterocycles. The van der Waals surface area contributed by atoms with Gasteiger partial charge in [0, 0.05) is 4.75 Å². The molecule has 4 nitrogen and oxygen atoms in total. The van der Waals surface area contributed by atoms with E-state index in [9.17, 15) is 9.59 Å². The molecular formula is C9H10Br2INO3S. The number of fused-ring (bicyclic) bond motifs is 1. The number of hydrogen-bond acceptors (Lipinski definition) is 4. The van der Waals surface area contributed by atoms with E-state index < -0.39 is 8.37 Å². The van der Waals surface area contributed by atoms with E-state index in [0.717, 1.165) is 0 Å². The summed E-state index contributed by atoms with van der Waals surface area (Å²) in [5.41, 5.74) is 0.152. The Morgan fingerprint density at radius 2 is 2.24 bits per heavy atom. The summed E-state index contributed by atoms with van der Waals surface area (Å²) in [7, 11) is 0. The SMILES string of the molecule is CC1(C)S[C@H]2N(C(=O)[C@@]2(Br)I)[C@H]1C(=O)OCBr. The van der Waals surface area contributed by atoms with Gasteiger partial charge in [-0.05, 0) is 29.8 Å². The molecule has 0 aliphatic carbocycles. The molecule has 0 bridgehead atoms. The van der Waals surface area contributed by atoms with Crippen LogP contribution < -0.4 is 0 Å². The van der Waals surface area contributed by atoms with Crippen LogP contribution in [0.1, 0.15) is 13.8 Å². The first-order valence-electron chi connectivity index (χ1n) is 4.84. The average Bonchev–Trinajstić information content (AvgIpc) is 2.48. The minimum atomic E-state index is -0.587. The van der Waals surface area contributed by atoms with Crippen molar-refractivity contribution in [2.75, 3.05) is 5.52 Å². The van der Waals surface area contributed by atoms with Gasteiger partial charge in [-0.1, -0.05) is 38.5 Å². The lowest BCUT2D eigenvalue weighted by Gasteiger charge is -2.46. The van der Waals surface area contributed by atoms with Gasteiger partial charge in [-0.2, -0.15) is 0 Å². The first kappa shape index (κ1) is 14.4. The van der Waals surface area contributed by atoms with Crippen LogP contribution in [0.2, 0.25) is 0 Å². The fraction of sp³-hybridized carbons (Fsp3) is 0.778.